The van der Waals surface area contributed by atoms with Crippen molar-refractivity contribution in [3.8, 4) is 0 Å². The van der Waals surface area contributed by atoms with E-state index in [0.717, 1.165) is 5.56 Å². The molecule has 0 fully saturated rings. The fourth-order valence-electron chi connectivity index (χ4n) is 2.51. The molecule has 7 heteroatoms. The van der Waals surface area contributed by atoms with Crippen molar-refractivity contribution in [2.24, 2.45) is 0 Å². The lowest BCUT2D eigenvalue weighted by Crippen LogP contribution is -2.17. The maximum atomic E-state index is 13.7. The van der Waals surface area contributed by atoms with Gasteiger partial charge in [-0.15, -0.1) is 0 Å². The average molecular weight is 385 g/mol. The molecule has 0 bridgehead atoms. The van der Waals surface area contributed by atoms with Crippen molar-refractivity contribution in [3.63, 3.8) is 0 Å². The van der Waals surface area contributed by atoms with E-state index in [2.05, 4.69) is 20.6 Å². The predicted molar refractivity (Wildman–Crippen MR) is 105 cm³/mol. The minimum Gasteiger partial charge on any atom is -0.350 e. The zero-order valence-electron chi connectivity index (χ0n) is 14.9. The van der Waals surface area contributed by atoms with Gasteiger partial charge in [0.15, 0.2) is 0 Å². The van der Waals surface area contributed by atoms with Crippen molar-refractivity contribution in [2.75, 3.05) is 10.6 Å². The molecule has 1 aromatic heterocycles. The summed E-state index contributed by atoms with van der Waals surface area (Å²) in [6.45, 7) is 3.80. The Kier molecular flexibility index (Phi) is 5.66. The molecule has 0 spiro atoms. The van der Waals surface area contributed by atoms with Gasteiger partial charge in [-0.05, 0) is 43.7 Å². The van der Waals surface area contributed by atoms with Crippen molar-refractivity contribution < 1.29 is 9.18 Å². The van der Waals surface area contributed by atoms with Gasteiger partial charge in [0, 0.05) is 28.5 Å². The first-order valence-corrected chi connectivity index (χ1v) is 8.71. The van der Waals surface area contributed by atoms with E-state index in [1.54, 1.807) is 49.4 Å². The summed E-state index contributed by atoms with van der Waals surface area (Å²) >= 11 is 6.09. The maximum Gasteiger partial charge on any atom is 0.274 e. The summed E-state index contributed by atoms with van der Waals surface area (Å²) in [6.07, 6.45) is 0. The number of anilines is 2. The van der Waals surface area contributed by atoms with Gasteiger partial charge in [0.2, 0.25) is 5.95 Å². The molecule has 2 aromatic carbocycles. The standard InChI is InChI=1S/C20H18ClFN4O/c1-12-10-18(19(27)25-17-9-5-7-15(21)13(17)2)26-20(24-12)23-11-14-6-3-4-8-16(14)22/h3-10H,11H2,1-2H3,(H,25,27)(H,23,24,26). The summed E-state index contributed by atoms with van der Waals surface area (Å²) in [7, 11) is 0. The molecular formula is C20H18ClFN4O. The predicted octanol–water partition coefficient (Wildman–Crippen LogP) is 4.75. The number of rotatable bonds is 5. The third kappa shape index (κ3) is 4.60. The highest BCUT2D eigenvalue weighted by Gasteiger charge is 2.13. The zero-order valence-corrected chi connectivity index (χ0v) is 15.6. The van der Waals surface area contributed by atoms with Gasteiger partial charge in [-0.2, -0.15) is 0 Å². The third-order valence-corrected chi connectivity index (χ3v) is 4.41. The first kappa shape index (κ1) is 18.8. The molecule has 0 saturated carbocycles. The molecule has 0 aliphatic heterocycles. The van der Waals surface area contributed by atoms with Crippen LogP contribution in [0.1, 0.15) is 27.3 Å². The van der Waals surface area contributed by atoms with Crippen LogP contribution in [0.15, 0.2) is 48.5 Å². The lowest BCUT2D eigenvalue weighted by molar-refractivity contribution is 0.102. The van der Waals surface area contributed by atoms with E-state index in [4.69, 9.17) is 11.6 Å². The number of halogens is 2. The van der Waals surface area contributed by atoms with Gasteiger partial charge in [0.05, 0.1) is 0 Å². The maximum absolute atomic E-state index is 13.7. The van der Waals surface area contributed by atoms with Gasteiger partial charge >= 0.3 is 0 Å². The lowest BCUT2D eigenvalue weighted by atomic mass is 10.2. The fraction of sp³-hybridized carbons (Fsp3) is 0.150. The van der Waals surface area contributed by atoms with Crippen LogP contribution >= 0.6 is 11.6 Å². The number of nitrogens with one attached hydrogen (secondary N) is 2. The summed E-state index contributed by atoms with van der Waals surface area (Å²) in [6, 6.07) is 13.3. The number of carbonyl (C=O) groups is 1. The number of benzene rings is 2. The summed E-state index contributed by atoms with van der Waals surface area (Å²) in [5.74, 6) is -0.432. The molecule has 5 nitrogen and oxygen atoms in total. The largest absolute Gasteiger partial charge is 0.350 e. The van der Waals surface area contributed by atoms with Crippen LogP contribution in [0.25, 0.3) is 0 Å². The van der Waals surface area contributed by atoms with E-state index < -0.39 is 0 Å². The molecule has 27 heavy (non-hydrogen) atoms. The van der Waals surface area contributed by atoms with E-state index in [1.807, 2.05) is 6.92 Å². The molecule has 0 saturated heterocycles. The van der Waals surface area contributed by atoms with E-state index in [1.165, 1.54) is 6.07 Å². The summed E-state index contributed by atoms with van der Waals surface area (Å²) in [4.78, 5) is 21.1. The third-order valence-electron chi connectivity index (χ3n) is 4.00. The van der Waals surface area contributed by atoms with Crippen LogP contribution in [0.2, 0.25) is 5.02 Å². The molecule has 3 rings (SSSR count). The minimum atomic E-state index is -0.375. The van der Waals surface area contributed by atoms with Crippen molar-refractivity contribution in [1.29, 1.82) is 0 Å². The van der Waals surface area contributed by atoms with E-state index in [0.29, 0.717) is 22.0 Å². The topological polar surface area (TPSA) is 66.9 Å². The molecule has 2 N–H and O–H groups in total. The van der Waals surface area contributed by atoms with Crippen molar-refractivity contribution in [3.05, 3.63) is 81.9 Å². The molecule has 0 unspecified atom stereocenters. The smallest absolute Gasteiger partial charge is 0.274 e. The number of carbonyl (C=O) groups excluding carboxylic acids is 1. The Morgan fingerprint density at radius 2 is 1.89 bits per heavy atom. The monoisotopic (exact) mass is 384 g/mol. The first-order chi connectivity index (χ1) is 12.9. The number of nitrogens with zero attached hydrogens (tertiary/aromatic N) is 2. The van der Waals surface area contributed by atoms with Crippen molar-refractivity contribution >= 4 is 29.1 Å². The van der Waals surface area contributed by atoms with Crippen LogP contribution in [0.4, 0.5) is 16.0 Å². The molecule has 0 atom stereocenters. The second-order valence-corrected chi connectivity index (χ2v) is 6.44. The van der Waals surface area contributed by atoms with Crippen LogP contribution < -0.4 is 10.6 Å². The van der Waals surface area contributed by atoms with Gasteiger partial charge in [-0.3, -0.25) is 4.79 Å². The summed E-state index contributed by atoms with van der Waals surface area (Å²) in [5.41, 5.74) is 2.70. The molecule has 3 aromatic rings. The minimum absolute atomic E-state index is 0.206. The van der Waals surface area contributed by atoms with Gasteiger partial charge in [0.25, 0.3) is 5.91 Å². The van der Waals surface area contributed by atoms with Crippen LogP contribution in [0.3, 0.4) is 0 Å². The Morgan fingerprint density at radius 3 is 2.67 bits per heavy atom. The molecule has 1 amide bonds. The van der Waals surface area contributed by atoms with Crippen LogP contribution in [0.5, 0.6) is 0 Å². The summed E-state index contributed by atoms with van der Waals surface area (Å²) in [5, 5.41) is 6.33. The number of hydrogen-bond acceptors (Lipinski definition) is 4. The Hall–Kier alpha value is -2.99. The zero-order chi connectivity index (χ0) is 19.4. The van der Waals surface area contributed by atoms with Gasteiger partial charge in [-0.25, -0.2) is 14.4 Å². The van der Waals surface area contributed by atoms with Crippen molar-refractivity contribution in [1.82, 2.24) is 9.97 Å². The van der Waals surface area contributed by atoms with Crippen LogP contribution in [-0.4, -0.2) is 15.9 Å². The molecular weight excluding hydrogens is 367 g/mol. The Labute approximate surface area is 161 Å². The molecule has 0 radical (unpaired) electrons. The van der Waals surface area contributed by atoms with Crippen LogP contribution in [0, 0.1) is 19.7 Å². The van der Waals surface area contributed by atoms with Gasteiger partial charge in [-0.1, -0.05) is 35.9 Å². The molecule has 0 aliphatic rings. The number of aromatic nitrogens is 2. The average Bonchev–Trinajstić information content (AvgIpc) is 2.64. The number of hydrogen-bond donors (Lipinski definition) is 2. The van der Waals surface area contributed by atoms with E-state index in [-0.39, 0.29) is 29.9 Å². The Morgan fingerprint density at radius 1 is 1.11 bits per heavy atom. The highest BCUT2D eigenvalue weighted by Crippen LogP contribution is 2.23. The quantitative estimate of drug-likeness (QED) is 0.666. The number of aryl methyl sites for hydroxylation is 1. The van der Waals surface area contributed by atoms with Crippen LogP contribution in [-0.2, 0) is 6.54 Å². The van der Waals surface area contributed by atoms with Gasteiger partial charge in [0.1, 0.15) is 11.5 Å². The highest BCUT2D eigenvalue weighted by molar-refractivity contribution is 6.31. The second kappa shape index (κ2) is 8.14. The van der Waals surface area contributed by atoms with Crippen molar-refractivity contribution in [2.45, 2.75) is 20.4 Å². The molecule has 138 valence electrons. The molecule has 0 aliphatic carbocycles. The number of amides is 1. The Balaban J connectivity index is 1.77. The SMILES string of the molecule is Cc1cc(C(=O)Nc2cccc(Cl)c2C)nc(NCc2ccccc2F)n1. The van der Waals surface area contributed by atoms with E-state index in [9.17, 15) is 9.18 Å². The normalized spacial score (nSPS) is 10.5. The second-order valence-electron chi connectivity index (χ2n) is 6.03. The van der Waals surface area contributed by atoms with E-state index >= 15 is 0 Å². The Bertz CT molecular complexity index is 993. The van der Waals surface area contributed by atoms with Gasteiger partial charge < -0.3 is 10.6 Å². The molecule has 1 heterocycles. The fourth-order valence-corrected chi connectivity index (χ4v) is 2.68. The first-order valence-electron chi connectivity index (χ1n) is 8.33. The summed E-state index contributed by atoms with van der Waals surface area (Å²) < 4.78 is 13.7. The highest BCUT2D eigenvalue weighted by atomic mass is 35.5. The lowest BCUT2D eigenvalue weighted by Gasteiger charge is -2.11.